The van der Waals surface area contributed by atoms with Crippen LogP contribution in [0.15, 0.2) is 18.5 Å². The zero-order valence-corrected chi connectivity index (χ0v) is 20.1. The van der Waals surface area contributed by atoms with Crippen LogP contribution in [0, 0.1) is 24.0 Å². The Bertz CT molecular complexity index is 1520. The first-order valence-electron chi connectivity index (χ1n) is 10.5. The highest BCUT2D eigenvalue weighted by Gasteiger charge is 2.26. The lowest BCUT2D eigenvalue weighted by Crippen LogP contribution is -2.18. The minimum Gasteiger partial charge on any atom is -0.365 e. The van der Waals surface area contributed by atoms with Crippen molar-refractivity contribution >= 4 is 44.7 Å². The first-order valence-corrected chi connectivity index (χ1v) is 11.3. The van der Waals surface area contributed by atoms with Crippen LogP contribution in [0.3, 0.4) is 0 Å². The number of rotatable bonds is 8. The molecular weight excluding hydrogens is 498 g/mol. The van der Waals surface area contributed by atoms with E-state index in [4.69, 9.17) is 5.73 Å². The largest absolute Gasteiger partial charge is 0.365 e. The summed E-state index contributed by atoms with van der Waals surface area (Å²) >= 11 is 0.797. The van der Waals surface area contributed by atoms with E-state index in [1.54, 1.807) is 18.7 Å². The molecule has 0 aliphatic rings. The number of aromatic nitrogens is 5. The van der Waals surface area contributed by atoms with Crippen LogP contribution < -0.4 is 11.1 Å². The highest BCUT2D eigenvalue weighted by molar-refractivity contribution is 7.21. The van der Waals surface area contributed by atoms with Gasteiger partial charge in [0.25, 0.3) is 12.3 Å². The van der Waals surface area contributed by atoms with E-state index in [1.807, 2.05) is 0 Å². The van der Waals surface area contributed by atoms with Gasteiger partial charge >= 0.3 is 5.69 Å². The molecule has 0 spiro atoms. The molecule has 0 aromatic carbocycles. The lowest BCUT2D eigenvalue weighted by Gasteiger charge is -2.11. The number of halogens is 2. The van der Waals surface area contributed by atoms with Gasteiger partial charge < -0.3 is 11.1 Å². The number of nitrogens with zero attached hydrogens (tertiary/aromatic N) is 6. The molecule has 0 fully saturated rings. The quantitative estimate of drug-likeness (QED) is 0.266. The molecule has 0 radical (unpaired) electrons. The Labute approximate surface area is 205 Å². The molecule has 0 saturated heterocycles. The van der Waals surface area contributed by atoms with E-state index < -0.39 is 28.9 Å². The molecular formula is C21H20F2N8O4S. The summed E-state index contributed by atoms with van der Waals surface area (Å²) in [7, 11) is 1.69. The predicted octanol–water partition coefficient (Wildman–Crippen LogP) is 3.48. The summed E-state index contributed by atoms with van der Waals surface area (Å²) in [5.74, 6) is -1.40. The number of thiophene rings is 1. The topological polar surface area (TPSA) is 164 Å². The lowest BCUT2D eigenvalue weighted by molar-refractivity contribution is -0.385. The Morgan fingerprint density at radius 2 is 1.94 bits per heavy atom. The standard InChI is InChI=1S/C21H20F2N8O4S/c1-9-12(7-25-29(9)3)11-6-13(19(22)23)27-21-16(11)17(18(36-21)20(24)33)28-15(32)4-5-30-10(2)14(8-26-30)31(34)35/h6-8,19H,4-5H2,1-3H3,(H2,24,33)(H,28,32). The molecule has 0 bridgehead atoms. The maximum atomic E-state index is 13.6. The summed E-state index contributed by atoms with van der Waals surface area (Å²) in [6.07, 6.45) is -0.415. The monoisotopic (exact) mass is 518 g/mol. The summed E-state index contributed by atoms with van der Waals surface area (Å²) in [6.45, 7) is 3.29. The van der Waals surface area contributed by atoms with Gasteiger partial charge in [-0.25, -0.2) is 13.8 Å². The van der Waals surface area contributed by atoms with Crippen LogP contribution >= 0.6 is 11.3 Å². The average Bonchev–Trinajstić information content (AvgIpc) is 3.47. The SMILES string of the molecule is Cc1c(-c2cc(C(F)F)nc3sc(C(N)=O)c(NC(=O)CCn4ncc([N+](=O)[O-])c4C)c23)cnn1C. The number of pyridine rings is 1. The van der Waals surface area contributed by atoms with Gasteiger partial charge in [0.05, 0.1) is 23.4 Å². The molecule has 4 rings (SSSR count). The summed E-state index contributed by atoms with van der Waals surface area (Å²) < 4.78 is 30.1. The van der Waals surface area contributed by atoms with Crippen LogP contribution in [0.5, 0.6) is 0 Å². The number of anilines is 1. The van der Waals surface area contributed by atoms with Crippen LogP contribution in [0.25, 0.3) is 21.3 Å². The number of amides is 2. The number of carbonyl (C=O) groups excluding carboxylic acids is 2. The fourth-order valence-corrected chi connectivity index (χ4v) is 4.76. The van der Waals surface area contributed by atoms with E-state index in [-0.39, 0.29) is 45.1 Å². The number of nitrogens with one attached hydrogen (secondary N) is 1. The van der Waals surface area contributed by atoms with Gasteiger partial charge in [-0.05, 0) is 25.5 Å². The van der Waals surface area contributed by atoms with Crippen molar-refractivity contribution in [3.8, 4) is 11.1 Å². The van der Waals surface area contributed by atoms with Crippen molar-refractivity contribution in [3.05, 3.63) is 50.5 Å². The summed E-state index contributed by atoms with van der Waals surface area (Å²) in [6, 6.07) is 1.20. The molecule has 0 aliphatic heterocycles. The number of nitro groups is 1. The third-order valence-corrected chi connectivity index (χ3v) is 6.84. The minimum absolute atomic E-state index is 0.0296. The van der Waals surface area contributed by atoms with Gasteiger partial charge in [-0.1, -0.05) is 0 Å². The van der Waals surface area contributed by atoms with Gasteiger partial charge in [0.2, 0.25) is 5.91 Å². The van der Waals surface area contributed by atoms with Crippen molar-refractivity contribution in [2.45, 2.75) is 33.2 Å². The molecule has 4 heterocycles. The number of aryl methyl sites for hydroxylation is 2. The normalized spacial score (nSPS) is 11.4. The van der Waals surface area contributed by atoms with Gasteiger partial charge in [-0.3, -0.25) is 29.1 Å². The van der Waals surface area contributed by atoms with Crippen molar-refractivity contribution in [2.75, 3.05) is 5.32 Å². The summed E-state index contributed by atoms with van der Waals surface area (Å²) in [4.78, 5) is 39.6. The second-order valence-corrected chi connectivity index (χ2v) is 8.91. The first kappa shape index (κ1) is 24.8. The Kier molecular flexibility index (Phi) is 6.49. The molecule has 2 amide bonds. The molecule has 12 nitrogen and oxygen atoms in total. The number of alkyl halides is 2. The fraction of sp³-hybridized carbons (Fsp3) is 0.286. The molecule has 3 N–H and O–H groups in total. The third kappa shape index (κ3) is 4.39. The van der Waals surface area contributed by atoms with Crippen molar-refractivity contribution < 1.29 is 23.3 Å². The van der Waals surface area contributed by atoms with Crippen LogP contribution in [-0.4, -0.2) is 41.3 Å². The second kappa shape index (κ2) is 9.41. The highest BCUT2D eigenvalue weighted by Crippen LogP contribution is 2.43. The van der Waals surface area contributed by atoms with Gasteiger partial charge in [0.15, 0.2) is 0 Å². The molecule has 4 aromatic rings. The molecule has 0 aliphatic carbocycles. The van der Waals surface area contributed by atoms with Crippen LogP contribution in [0.2, 0.25) is 0 Å². The highest BCUT2D eigenvalue weighted by atomic mass is 32.1. The van der Waals surface area contributed by atoms with E-state index >= 15 is 0 Å². The third-order valence-electron chi connectivity index (χ3n) is 5.74. The predicted molar refractivity (Wildman–Crippen MR) is 127 cm³/mol. The molecule has 15 heteroatoms. The van der Waals surface area contributed by atoms with Crippen molar-refractivity contribution in [1.82, 2.24) is 24.5 Å². The van der Waals surface area contributed by atoms with Crippen molar-refractivity contribution in [3.63, 3.8) is 0 Å². The Morgan fingerprint density at radius 3 is 2.50 bits per heavy atom. The maximum Gasteiger partial charge on any atom is 0.309 e. The van der Waals surface area contributed by atoms with E-state index in [2.05, 4.69) is 20.5 Å². The fourth-order valence-electron chi connectivity index (χ4n) is 3.75. The molecule has 0 saturated carbocycles. The number of carbonyl (C=O) groups is 2. The Hall–Kier alpha value is -4.27. The Morgan fingerprint density at radius 1 is 1.22 bits per heavy atom. The van der Waals surface area contributed by atoms with Gasteiger partial charge in [0, 0.05) is 30.1 Å². The van der Waals surface area contributed by atoms with E-state index in [1.165, 1.54) is 23.9 Å². The van der Waals surface area contributed by atoms with E-state index in [9.17, 15) is 28.5 Å². The van der Waals surface area contributed by atoms with Gasteiger partial charge in [-0.15, -0.1) is 11.3 Å². The number of fused-ring (bicyclic) bond motifs is 1. The molecule has 4 aromatic heterocycles. The molecule has 0 unspecified atom stereocenters. The summed E-state index contributed by atoms with van der Waals surface area (Å²) in [5, 5.41) is 22.1. The first-order chi connectivity index (χ1) is 17.0. The Balaban J connectivity index is 1.76. The van der Waals surface area contributed by atoms with Crippen LogP contribution in [-0.2, 0) is 18.4 Å². The number of hydrogen-bond acceptors (Lipinski definition) is 8. The number of primary amides is 1. The minimum atomic E-state index is -2.87. The molecule has 36 heavy (non-hydrogen) atoms. The van der Waals surface area contributed by atoms with E-state index in [0.717, 1.165) is 17.5 Å². The van der Waals surface area contributed by atoms with Crippen LogP contribution in [0.4, 0.5) is 20.2 Å². The van der Waals surface area contributed by atoms with E-state index in [0.29, 0.717) is 16.8 Å². The van der Waals surface area contributed by atoms with Gasteiger partial charge in [0.1, 0.15) is 27.3 Å². The molecule has 0 atom stereocenters. The number of nitrogens with two attached hydrogens (primary N) is 1. The average molecular weight is 519 g/mol. The van der Waals surface area contributed by atoms with Gasteiger partial charge in [-0.2, -0.15) is 10.2 Å². The zero-order chi connectivity index (χ0) is 26.3. The van der Waals surface area contributed by atoms with Crippen molar-refractivity contribution in [1.29, 1.82) is 0 Å². The number of hydrogen-bond donors (Lipinski definition) is 2. The summed E-state index contributed by atoms with van der Waals surface area (Å²) in [5.41, 5.74) is 6.72. The smallest absolute Gasteiger partial charge is 0.309 e. The van der Waals surface area contributed by atoms with Crippen molar-refractivity contribution in [2.24, 2.45) is 12.8 Å². The zero-order valence-electron chi connectivity index (χ0n) is 19.3. The lowest BCUT2D eigenvalue weighted by atomic mass is 10.0. The van der Waals surface area contributed by atoms with Crippen LogP contribution in [0.1, 0.15) is 39.6 Å². The second-order valence-electron chi connectivity index (χ2n) is 7.91. The maximum absolute atomic E-state index is 13.6. The molecule has 188 valence electrons.